The first kappa shape index (κ1) is 9.65. The third kappa shape index (κ3) is 3.20. The van der Waals surface area contributed by atoms with Crippen molar-refractivity contribution in [3.05, 3.63) is 35.6 Å². The van der Waals surface area contributed by atoms with Crippen LogP contribution in [0.4, 0.5) is 0 Å². The molecule has 1 aromatic rings. The molecule has 2 nitrogen and oxygen atoms in total. The van der Waals surface area contributed by atoms with E-state index in [0.29, 0.717) is 6.61 Å². The molecular weight excluding hydrogens is 164 g/mol. The predicted molar refractivity (Wildman–Crippen MR) is 53.4 cm³/mol. The molecule has 1 N–H and O–H groups in total. The van der Waals surface area contributed by atoms with E-state index in [9.17, 15) is 0 Å². The van der Waals surface area contributed by atoms with Crippen LogP contribution in [0.15, 0.2) is 30.0 Å². The second-order valence-electron chi connectivity index (χ2n) is 2.78. The Kier molecular flexibility index (Phi) is 3.38. The summed E-state index contributed by atoms with van der Waals surface area (Å²) in [6, 6.07) is 7.01. The normalized spacial score (nSPS) is 11.4. The van der Waals surface area contributed by atoms with Crippen LogP contribution in [0.25, 0.3) is 6.08 Å². The van der Waals surface area contributed by atoms with Gasteiger partial charge in [0.05, 0.1) is 12.4 Å². The van der Waals surface area contributed by atoms with Crippen LogP contribution < -0.4 is 0 Å². The number of phenolic OH excluding ortho intramolecular Hbond substituents is 1. The van der Waals surface area contributed by atoms with Gasteiger partial charge in [0.1, 0.15) is 5.75 Å². The van der Waals surface area contributed by atoms with Gasteiger partial charge in [0.25, 0.3) is 0 Å². The van der Waals surface area contributed by atoms with Gasteiger partial charge in [-0.25, -0.2) is 0 Å². The first-order valence-electron chi connectivity index (χ1n) is 4.32. The summed E-state index contributed by atoms with van der Waals surface area (Å²) in [5.41, 5.74) is 1.03. The van der Waals surface area contributed by atoms with Gasteiger partial charge in [0.15, 0.2) is 0 Å². The fourth-order valence-corrected chi connectivity index (χ4v) is 1.07. The quantitative estimate of drug-likeness (QED) is 0.721. The highest BCUT2D eigenvalue weighted by Gasteiger charge is 1.91. The topological polar surface area (TPSA) is 29.5 Å². The van der Waals surface area contributed by atoms with E-state index in [2.05, 4.69) is 0 Å². The molecule has 0 atom stereocenters. The first-order chi connectivity index (χ1) is 6.22. The van der Waals surface area contributed by atoms with Crippen LogP contribution in [-0.2, 0) is 4.74 Å². The highest BCUT2D eigenvalue weighted by molar-refractivity contribution is 5.51. The van der Waals surface area contributed by atoms with Gasteiger partial charge in [-0.2, -0.15) is 0 Å². The van der Waals surface area contributed by atoms with Crippen molar-refractivity contribution < 1.29 is 9.84 Å². The molecule has 0 radical (unpaired) electrons. The Hall–Kier alpha value is -1.44. The maximum absolute atomic E-state index is 9.04. The van der Waals surface area contributed by atoms with Crippen molar-refractivity contribution in [3.8, 4) is 5.75 Å². The molecule has 0 aliphatic rings. The van der Waals surface area contributed by atoms with Crippen LogP contribution in [-0.4, -0.2) is 11.7 Å². The average Bonchev–Trinajstić information content (AvgIpc) is 2.09. The van der Waals surface area contributed by atoms with Crippen molar-refractivity contribution in [2.45, 2.75) is 13.8 Å². The lowest BCUT2D eigenvalue weighted by Crippen LogP contribution is -1.85. The minimum Gasteiger partial charge on any atom is -0.508 e. The molecular formula is C11H14O2. The lowest BCUT2D eigenvalue weighted by atomic mass is 10.2. The molecule has 13 heavy (non-hydrogen) atoms. The third-order valence-electron chi connectivity index (χ3n) is 1.64. The van der Waals surface area contributed by atoms with Crippen molar-refractivity contribution in [1.82, 2.24) is 0 Å². The van der Waals surface area contributed by atoms with Gasteiger partial charge in [-0.15, -0.1) is 0 Å². The Morgan fingerprint density at radius 2 is 2.00 bits per heavy atom. The zero-order chi connectivity index (χ0) is 9.68. The summed E-state index contributed by atoms with van der Waals surface area (Å²) in [6.45, 7) is 4.55. The number of hydrogen-bond acceptors (Lipinski definition) is 2. The molecule has 0 aromatic heterocycles. The zero-order valence-electron chi connectivity index (χ0n) is 7.95. The molecule has 0 spiro atoms. The maximum Gasteiger partial charge on any atom is 0.115 e. The zero-order valence-corrected chi connectivity index (χ0v) is 7.95. The Balaban J connectivity index is 2.73. The van der Waals surface area contributed by atoms with Crippen molar-refractivity contribution in [2.75, 3.05) is 6.61 Å². The standard InChI is InChI=1S/C11H14O2/c1-3-13-9(2)8-10-4-6-11(12)7-5-10/h4-8,12H,3H2,1-2H3/b9-8+. The third-order valence-corrected chi connectivity index (χ3v) is 1.64. The number of rotatable bonds is 3. The number of benzene rings is 1. The van der Waals surface area contributed by atoms with Crippen LogP contribution in [0, 0.1) is 0 Å². The summed E-state index contributed by atoms with van der Waals surface area (Å²) in [4.78, 5) is 0. The Bertz CT molecular complexity index is 285. The van der Waals surface area contributed by atoms with Crippen molar-refractivity contribution >= 4 is 6.08 Å². The lowest BCUT2D eigenvalue weighted by Gasteiger charge is -2.02. The SMILES string of the molecule is CCO/C(C)=C/c1ccc(O)cc1. The maximum atomic E-state index is 9.04. The molecule has 0 fully saturated rings. The average molecular weight is 178 g/mol. The van der Waals surface area contributed by atoms with E-state index in [-0.39, 0.29) is 5.75 Å². The smallest absolute Gasteiger partial charge is 0.115 e. The number of phenols is 1. The van der Waals surface area contributed by atoms with Crippen LogP contribution >= 0.6 is 0 Å². The summed E-state index contributed by atoms with van der Waals surface area (Å²) in [5.74, 6) is 1.17. The molecule has 0 saturated heterocycles. The molecule has 0 heterocycles. The van der Waals surface area contributed by atoms with Gasteiger partial charge in [-0.1, -0.05) is 12.1 Å². The molecule has 0 bridgehead atoms. The van der Waals surface area contributed by atoms with Gasteiger partial charge >= 0.3 is 0 Å². The Morgan fingerprint density at radius 1 is 1.38 bits per heavy atom. The Morgan fingerprint density at radius 3 is 2.54 bits per heavy atom. The number of hydrogen-bond donors (Lipinski definition) is 1. The van der Waals surface area contributed by atoms with Gasteiger partial charge in [-0.05, 0) is 37.6 Å². The summed E-state index contributed by atoms with van der Waals surface area (Å²) in [5, 5.41) is 9.04. The van der Waals surface area contributed by atoms with E-state index in [1.54, 1.807) is 12.1 Å². The summed E-state index contributed by atoms with van der Waals surface area (Å²) >= 11 is 0. The molecule has 0 unspecified atom stereocenters. The van der Waals surface area contributed by atoms with Crippen LogP contribution in [0.3, 0.4) is 0 Å². The monoisotopic (exact) mass is 178 g/mol. The molecule has 2 heteroatoms. The van der Waals surface area contributed by atoms with Gasteiger partial charge < -0.3 is 9.84 Å². The Labute approximate surface area is 78.5 Å². The van der Waals surface area contributed by atoms with Crippen molar-refractivity contribution in [3.63, 3.8) is 0 Å². The molecule has 1 rings (SSSR count). The first-order valence-corrected chi connectivity index (χ1v) is 4.32. The molecule has 1 aromatic carbocycles. The minimum atomic E-state index is 0.284. The molecule has 0 saturated carbocycles. The minimum absolute atomic E-state index is 0.284. The van der Waals surface area contributed by atoms with E-state index >= 15 is 0 Å². The van der Waals surface area contributed by atoms with E-state index < -0.39 is 0 Å². The van der Waals surface area contributed by atoms with Crippen LogP contribution in [0.1, 0.15) is 19.4 Å². The molecule has 0 aliphatic heterocycles. The number of ether oxygens (including phenoxy) is 1. The number of allylic oxidation sites excluding steroid dienone is 1. The van der Waals surface area contributed by atoms with E-state index in [0.717, 1.165) is 11.3 Å². The lowest BCUT2D eigenvalue weighted by molar-refractivity contribution is 0.235. The molecule has 70 valence electrons. The van der Waals surface area contributed by atoms with Crippen LogP contribution in [0.2, 0.25) is 0 Å². The highest BCUT2D eigenvalue weighted by Crippen LogP contribution is 2.12. The molecule has 0 amide bonds. The largest absolute Gasteiger partial charge is 0.508 e. The second-order valence-corrected chi connectivity index (χ2v) is 2.78. The fourth-order valence-electron chi connectivity index (χ4n) is 1.07. The summed E-state index contributed by atoms with van der Waals surface area (Å²) < 4.78 is 5.27. The van der Waals surface area contributed by atoms with Crippen molar-refractivity contribution in [2.24, 2.45) is 0 Å². The summed E-state index contributed by atoms with van der Waals surface area (Å²) in [7, 11) is 0. The van der Waals surface area contributed by atoms with E-state index in [4.69, 9.17) is 9.84 Å². The van der Waals surface area contributed by atoms with Crippen LogP contribution in [0.5, 0.6) is 5.75 Å². The predicted octanol–water partition coefficient (Wildman–Crippen LogP) is 2.79. The van der Waals surface area contributed by atoms with E-state index in [1.807, 2.05) is 32.1 Å². The highest BCUT2D eigenvalue weighted by atomic mass is 16.5. The second kappa shape index (κ2) is 4.55. The van der Waals surface area contributed by atoms with Gasteiger partial charge in [-0.3, -0.25) is 0 Å². The van der Waals surface area contributed by atoms with E-state index in [1.165, 1.54) is 0 Å². The molecule has 0 aliphatic carbocycles. The summed E-state index contributed by atoms with van der Waals surface area (Å²) in [6.07, 6.45) is 1.93. The van der Waals surface area contributed by atoms with Gasteiger partial charge in [0, 0.05) is 0 Å². The van der Waals surface area contributed by atoms with Crippen molar-refractivity contribution in [1.29, 1.82) is 0 Å². The van der Waals surface area contributed by atoms with Gasteiger partial charge in [0.2, 0.25) is 0 Å². The fraction of sp³-hybridized carbons (Fsp3) is 0.273. The number of aromatic hydroxyl groups is 1.